The molecule has 1 unspecified atom stereocenters. The number of nitrogens with two attached hydrogens (primary N) is 1. The Balaban J connectivity index is 2.48. The molecule has 0 saturated carbocycles. The van der Waals surface area contributed by atoms with E-state index in [-0.39, 0.29) is 22.8 Å². The van der Waals surface area contributed by atoms with Crippen LogP contribution in [-0.2, 0) is 9.84 Å². The van der Waals surface area contributed by atoms with Crippen LogP contribution in [0.25, 0.3) is 0 Å². The van der Waals surface area contributed by atoms with Gasteiger partial charge in [0.05, 0.1) is 11.3 Å². The van der Waals surface area contributed by atoms with Crippen molar-refractivity contribution in [1.82, 2.24) is 4.98 Å². The highest BCUT2D eigenvalue weighted by molar-refractivity contribution is 8.01. The van der Waals surface area contributed by atoms with Gasteiger partial charge in [-0.05, 0) is 6.07 Å². The zero-order valence-electron chi connectivity index (χ0n) is 11.5. The fraction of sp³-hybridized carbons (Fsp3) is 0.500. The van der Waals surface area contributed by atoms with E-state index in [0.29, 0.717) is 12.3 Å². The first-order chi connectivity index (χ1) is 9.88. The Labute approximate surface area is 127 Å². The van der Waals surface area contributed by atoms with E-state index in [1.165, 1.54) is 12.3 Å². The van der Waals surface area contributed by atoms with Crippen LogP contribution in [0.15, 0.2) is 12.3 Å². The lowest BCUT2D eigenvalue weighted by Gasteiger charge is -2.36. The van der Waals surface area contributed by atoms with Crippen LogP contribution in [0.3, 0.4) is 0 Å². The Kier molecular flexibility index (Phi) is 4.62. The molecular formula is C12H17N3O4S2. The Morgan fingerprint density at radius 1 is 1.62 bits per heavy atom. The highest BCUT2D eigenvalue weighted by Crippen LogP contribution is 2.31. The summed E-state index contributed by atoms with van der Waals surface area (Å²) in [5.41, 5.74) is 5.82. The van der Waals surface area contributed by atoms with Crippen molar-refractivity contribution in [2.24, 2.45) is 0 Å². The molecular weight excluding hydrogens is 314 g/mol. The number of carbonyl (C=O) groups is 1. The van der Waals surface area contributed by atoms with E-state index < -0.39 is 21.2 Å². The van der Waals surface area contributed by atoms with E-state index in [1.807, 2.05) is 0 Å². The number of hydrogen-bond acceptors (Lipinski definition) is 7. The number of aromatic nitrogens is 1. The second kappa shape index (κ2) is 6.10. The Morgan fingerprint density at radius 3 is 2.95 bits per heavy atom. The van der Waals surface area contributed by atoms with Crippen LogP contribution in [0.5, 0.6) is 0 Å². The zero-order chi connectivity index (χ0) is 15.6. The largest absolute Gasteiger partial charge is 0.478 e. The second-order valence-corrected chi connectivity index (χ2v) is 8.17. The van der Waals surface area contributed by atoms with Crippen molar-refractivity contribution >= 4 is 39.1 Å². The SMILES string of the molecule is CCS(=O)(=O)C1CSCCN1c1nccc(C(=O)O)c1N. The van der Waals surface area contributed by atoms with Gasteiger partial charge >= 0.3 is 5.97 Å². The van der Waals surface area contributed by atoms with Crippen molar-refractivity contribution in [3.8, 4) is 0 Å². The van der Waals surface area contributed by atoms with Crippen molar-refractivity contribution in [3.05, 3.63) is 17.8 Å². The molecule has 21 heavy (non-hydrogen) atoms. The topological polar surface area (TPSA) is 114 Å². The first kappa shape index (κ1) is 15.9. The molecule has 0 radical (unpaired) electrons. The van der Waals surface area contributed by atoms with Crippen LogP contribution in [0.4, 0.5) is 11.5 Å². The lowest BCUT2D eigenvalue weighted by molar-refractivity contribution is 0.0698. The molecule has 1 atom stereocenters. The summed E-state index contributed by atoms with van der Waals surface area (Å²) in [6, 6.07) is 1.31. The molecule has 1 fully saturated rings. The minimum atomic E-state index is -3.31. The average molecular weight is 331 g/mol. The Hall–Kier alpha value is -1.48. The summed E-state index contributed by atoms with van der Waals surface area (Å²) in [6.07, 6.45) is 1.34. The summed E-state index contributed by atoms with van der Waals surface area (Å²) < 4.78 is 24.5. The van der Waals surface area contributed by atoms with E-state index >= 15 is 0 Å². The van der Waals surface area contributed by atoms with Crippen molar-refractivity contribution in [2.75, 3.05) is 34.4 Å². The number of nitrogen functional groups attached to an aromatic ring is 1. The molecule has 2 rings (SSSR count). The number of aromatic carboxylic acids is 1. The second-order valence-electron chi connectivity index (χ2n) is 4.58. The fourth-order valence-electron chi connectivity index (χ4n) is 2.19. The van der Waals surface area contributed by atoms with E-state index in [9.17, 15) is 13.2 Å². The molecule has 1 aromatic rings. The summed E-state index contributed by atoms with van der Waals surface area (Å²) >= 11 is 1.55. The Bertz CT molecular complexity index is 648. The molecule has 0 aliphatic carbocycles. The maximum Gasteiger partial charge on any atom is 0.337 e. The van der Waals surface area contributed by atoms with Gasteiger partial charge in [0.25, 0.3) is 0 Å². The van der Waals surface area contributed by atoms with Gasteiger partial charge in [-0.3, -0.25) is 0 Å². The maximum atomic E-state index is 12.2. The molecule has 0 amide bonds. The third kappa shape index (κ3) is 3.08. The van der Waals surface area contributed by atoms with Crippen molar-refractivity contribution in [2.45, 2.75) is 12.3 Å². The van der Waals surface area contributed by atoms with Crippen molar-refractivity contribution < 1.29 is 18.3 Å². The van der Waals surface area contributed by atoms with E-state index in [2.05, 4.69) is 4.98 Å². The molecule has 7 nitrogen and oxygen atoms in total. The van der Waals surface area contributed by atoms with Crippen LogP contribution < -0.4 is 10.6 Å². The van der Waals surface area contributed by atoms with Crippen molar-refractivity contribution in [3.63, 3.8) is 0 Å². The Morgan fingerprint density at radius 2 is 2.33 bits per heavy atom. The summed E-state index contributed by atoms with van der Waals surface area (Å²) in [5.74, 6) is 0.269. The predicted molar refractivity (Wildman–Crippen MR) is 83.5 cm³/mol. The van der Waals surface area contributed by atoms with Crippen LogP contribution >= 0.6 is 11.8 Å². The molecule has 116 valence electrons. The van der Waals surface area contributed by atoms with Gasteiger partial charge < -0.3 is 15.7 Å². The first-order valence-corrected chi connectivity index (χ1v) is 9.29. The molecule has 0 aromatic carbocycles. The summed E-state index contributed by atoms with van der Waals surface area (Å²) in [7, 11) is -3.31. The lowest BCUT2D eigenvalue weighted by atomic mass is 10.2. The number of anilines is 2. The zero-order valence-corrected chi connectivity index (χ0v) is 13.2. The minimum absolute atomic E-state index is 0.00760. The van der Waals surface area contributed by atoms with Crippen LogP contribution in [-0.4, -0.2) is 53.7 Å². The molecule has 1 aromatic heterocycles. The first-order valence-electron chi connectivity index (χ1n) is 6.42. The summed E-state index contributed by atoms with van der Waals surface area (Å²) in [6.45, 7) is 2.06. The van der Waals surface area contributed by atoms with Crippen molar-refractivity contribution in [1.29, 1.82) is 0 Å². The number of sulfone groups is 1. The lowest BCUT2D eigenvalue weighted by Crippen LogP contribution is -2.48. The van der Waals surface area contributed by atoms with Gasteiger partial charge in [0.2, 0.25) is 0 Å². The van der Waals surface area contributed by atoms with Gasteiger partial charge in [-0.1, -0.05) is 6.92 Å². The third-order valence-corrected chi connectivity index (χ3v) is 6.66. The van der Waals surface area contributed by atoms with Gasteiger partial charge in [0.15, 0.2) is 15.7 Å². The van der Waals surface area contributed by atoms with E-state index in [0.717, 1.165) is 5.75 Å². The number of carboxylic acid groups (broad SMARTS) is 1. The number of hydrogen-bond donors (Lipinski definition) is 2. The average Bonchev–Trinajstić information content (AvgIpc) is 2.47. The van der Waals surface area contributed by atoms with Crippen LogP contribution in [0.1, 0.15) is 17.3 Å². The number of pyridine rings is 1. The van der Waals surface area contributed by atoms with Gasteiger partial charge in [0, 0.05) is 30.0 Å². The standard InChI is InChI=1S/C12H17N3O4S2/c1-2-21(18,19)9-7-20-6-5-15(9)11-10(13)8(12(16)17)3-4-14-11/h3-4,9H,2,5-7,13H2,1H3,(H,16,17). The van der Waals surface area contributed by atoms with Gasteiger partial charge in [-0.25, -0.2) is 18.2 Å². The van der Waals surface area contributed by atoms with E-state index in [4.69, 9.17) is 10.8 Å². The third-order valence-electron chi connectivity index (χ3n) is 3.37. The molecule has 0 bridgehead atoms. The number of nitrogens with zero attached hydrogens (tertiary/aromatic N) is 2. The molecule has 1 aliphatic rings. The molecule has 3 N–H and O–H groups in total. The molecule has 1 saturated heterocycles. The predicted octanol–water partition coefficient (Wildman–Crippen LogP) is 0.676. The number of carboxylic acids is 1. The maximum absolute atomic E-state index is 12.2. The quantitative estimate of drug-likeness (QED) is 0.828. The van der Waals surface area contributed by atoms with E-state index in [1.54, 1.807) is 23.6 Å². The monoisotopic (exact) mass is 331 g/mol. The highest BCUT2D eigenvalue weighted by Gasteiger charge is 2.35. The molecule has 2 heterocycles. The van der Waals surface area contributed by atoms with Crippen LogP contribution in [0.2, 0.25) is 0 Å². The molecule has 1 aliphatic heterocycles. The van der Waals surface area contributed by atoms with Gasteiger partial charge in [0.1, 0.15) is 5.37 Å². The molecule has 9 heteroatoms. The van der Waals surface area contributed by atoms with Crippen LogP contribution in [0, 0.1) is 0 Å². The highest BCUT2D eigenvalue weighted by atomic mass is 32.2. The molecule has 0 spiro atoms. The normalized spacial score (nSPS) is 19.5. The smallest absolute Gasteiger partial charge is 0.337 e. The minimum Gasteiger partial charge on any atom is -0.478 e. The number of rotatable bonds is 4. The fourth-order valence-corrected chi connectivity index (χ4v) is 5.16. The number of thioether (sulfide) groups is 1. The van der Waals surface area contributed by atoms with Gasteiger partial charge in [-0.2, -0.15) is 11.8 Å². The summed E-state index contributed by atoms with van der Waals surface area (Å²) in [5, 5.41) is 8.39. The van der Waals surface area contributed by atoms with Gasteiger partial charge in [-0.15, -0.1) is 0 Å². The summed E-state index contributed by atoms with van der Waals surface area (Å²) in [4.78, 5) is 16.9.